The van der Waals surface area contributed by atoms with Crippen LogP contribution in [0.1, 0.15) is 5.56 Å². The largest absolute Gasteiger partial charge is 0.378 e. The molecule has 8 nitrogen and oxygen atoms in total. The van der Waals surface area contributed by atoms with E-state index in [0.717, 1.165) is 18.8 Å². The average molecular weight is 404 g/mol. The highest BCUT2D eigenvalue weighted by Crippen LogP contribution is 2.20. The van der Waals surface area contributed by atoms with Crippen LogP contribution in [-0.4, -0.2) is 37.1 Å². The molecule has 152 valence electrons. The zero-order valence-corrected chi connectivity index (χ0v) is 16.2. The quantitative estimate of drug-likeness (QED) is 0.259. The number of hydrogen-bond donors (Lipinski definition) is 1. The Morgan fingerprint density at radius 2 is 1.87 bits per heavy atom. The second-order valence-electron chi connectivity index (χ2n) is 6.47. The third kappa shape index (κ3) is 5.31. The van der Waals surface area contributed by atoms with Gasteiger partial charge in [-0.25, -0.2) is 0 Å². The number of nitrogens with one attached hydrogen (secondary N) is 1. The third-order valence-corrected chi connectivity index (χ3v) is 4.54. The summed E-state index contributed by atoms with van der Waals surface area (Å²) in [4.78, 5) is 25.1. The van der Waals surface area contributed by atoms with Gasteiger partial charge in [-0.05, 0) is 42.5 Å². The Morgan fingerprint density at radius 1 is 1.17 bits per heavy atom. The lowest BCUT2D eigenvalue weighted by Gasteiger charge is -2.28. The molecule has 1 amide bonds. The number of rotatable bonds is 6. The van der Waals surface area contributed by atoms with E-state index in [1.54, 1.807) is 30.3 Å². The Bertz CT molecular complexity index is 1020. The van der Waals surface area contributed by atoms with E-state index in [4.69, 9.17) is 4.74 Å². The van der Waals surface area contributed by atoms with Gasteiger partial charge in [0.25, 0.3) is 11.6 Å². The lowest BCUT2D eigenvalue weighted by Crippen LogP contribution is -2.36. The zero-order valence-electron chi connectivity index (χ0n) is 16.2. The van der Waals surface area contributed by atoms with Gasteiger partial charge in [0, 0.05) is 30.5 Å². The van der Waals surface area contributed by atoms with Crippen molar-refractivity contribution in [2.45, 2.75) is 0 Å². The zero-order chi connectivity index (χ0) is 21.3. The number of allylic oxidation sites excluding steroid dienone is 2. The van der Waals surface area contributed by atoms with Gasteiger partial charge >= 0.3 is 0 Å². The van der Waals surface area contributed by atoms with Crippen LogP contribution < -0.4 is 10.2 Å². The number of amides is 1. The molecule has 1 aliphatic heterocycles. The van der Waals surface area contributed by atoms with E-state index in [2.05, 4.69) is 10.2 Å². The molecule has 0 bridgehead atoms. The maximum atomic E-state index is 12.4. The van der Waals surface area contributed by atoms with Crippen LogP contribution in [0.3, 0.4) is 0 Å². The minimum Gasteiger partial charge on any atom is -0.378 e. The normalized spacial score (nSPS) is 14.4. The molecule has 1 heterocycles. The fourth-order valence-electron chi connectivity index (χ4n) is 2.98. The molecule has 1 saturated heterocycles. The second-order valence-corrected chi connectivity index (χ2v) is 6.47. The van der Waals surface area contributed by atoms with Crippen molar-refractivity contribution in [3.05, 3.63) is 81.9 Å². The minimum absolute atomic E-state index is 0.0505. The first kappa shape index (κ1) is 20.8. The van der Waals surface area contributed by atoms with Crippen molar-refractivity contribution < 1.29 is 14.5 Å². The van der Waals surface area contributed by atoms with Gasteiger partial charge in [0.15, 0.2) is 0 Å². The topological polar surface area (TPSA) is 108 Å². The van der Waals surface area contributed by atoms with Crippen molar-refractivity contribution in [2.24, 2.45) is 0 Å². The van der Waals surface area contributed by atoms with Crippen LogP contribution >= 0.6 is 0 Å². The van der Waals surface area contributed by atoms with Gasteiger partial charge in [-0.15, -0.1) is 0 Å². The van der Waals surface area contributed by atoms with Crippen LogP contribution in [-0.2, 0) is 9.53 Å². The van der Waals surface area contributed by atoms with Gasteiger partial charge in [0.1, 0.15) is 11.6 Å². The van der Waals surface area contributed by atoms with E-state index < -0.39 is 10.8 Å². The molecule has 8 heteroatoms. The summed E-state index contributed by atoms with van der Waals surface area (Å²) in [5.74, 6) is -0.552. The summed E-state index contributed by atoms with van der Waals surface area (Å²) in [5, 5.41) is 23.0. The predicted molar refractivity (Wildman–Crippen MR) is 114 cm³/mol. The van der Waals surface area contributed by atoms with Gasteiger partial charge in [-0.2, -0.15) is 5.26 Å². The molecule has 2 aromatic carbocycles. The van der Waals surface area contributed by atoms with Crippen molar-refractivity contribution in [1.82, 2.24) is 0 Å². The molecule has 1 fully saturated rings. The fourth-order valence-corrected chi connectivity index (χ4v) is 2.98. The first-order chi connectivity index (χ1) is 14.6. The van der Waals surface area contributed by atoms with E-state index in [1.165, 1.54) is 24.3 Å². The molecule has 0 spiro atoms. The SMILES string of the molecule is N#CC(=CC=Cc1ccccc1[N+](=O)[O-])C(=O)Nc1ccc(N2CCOCC2)cc1. The highest BCUT2D eigenvalue weighted by atomic mass is 16.6. The van der Waals surface area contributed by atoms with Gasteiger partial charge < -0.3 is 15.0 Å². The summed E-state index contributed by atoms with van der Waals surface area (Å²) in [7, 11) is 0. The van der Waals surface area contributed by atoms with Gasteiger partial charge in [-0.3, -0.25) is 14.9 Å². The summed E-state index contributed by atoms with van der Waals surface area (Å²) < 4.78 is 5.34. The molecule has 0 atom stereocenters. The van der Waals surface area contributed by atoms with Crippen LogP contribution in [0.5, 0.6) is 0 Å². The Labute approximate surface area is 173 Å². The van der Waals surface area contributed by atoms with Crippen LogP contribution in [0.4, 0.5) is 17.1 Å². The molecule has 1 aliphatic rings. The maximum absolute atomic E-state index is 12.4. The third-order valence-electron chi connectivity index (χ3n) is 4.54. The first-order valence-electron chi connectivity index (χ1n) is 9.34. The highest BCUT2D eigenvalue weighted by molar-refractivity contribution is 6.06. The number of morpholine rings is 1. The van der Waals surface area contributed by atoms with Crippen LogP contribution in [0.25, 0.3) is 6.08 Å². The predicted octanol–water partition coefficient (Wildman–Crippen LogP) is 3.53. The molecule has 0 aromatic heterocycles. The Kier molecular flexibility index (Phi) is 6.92. The van der Waals surface area contributed by atoms with E-state index in [0.29, 0.717) is 24.5 Å². The minimum atomic E-state index is -0.552. The molecule has 3 rings (SSSR count). The molecule has 2 aromatic rings. The Balaban J connectivity index is 1.66. The van der Waals surface area contributed by atoms with Crippen molar-refractivity contribution in [3.8, 4) is 6.07 Å². The molecule has 0 aliphatic carbocycles. The molecular weight excluding hydrogens is 384 g/mol. The standard InChI is InChI=1S/C22H20N4O4/c23-16-18(6-3-5-17-4-1-2-7-21(17)26(28)29)22(27)24-19-8-10-20(11-9-19)25-12-14-30-15-13-25/h1-11H,12-15H2,(H,24,27). The van der Waals surface area contributed by atoms with Crippen LogP contribution in [0, 0.1) is 21.4 Å². The number of benzene rings is 2. The number of nitro benzene ring substituents is 1. The molecule has 1 N–H and O–H groups in total. The Hall–Kier alpha value is -3.96. The van der Waals surface area contributed by atoms with E-state index in [-0.39, 0.29) is 11.3 Å². The molecular formula is C22H20N4O4. The van der Waals surface area contributed by atoms with Gasteiger partial charge in [0.2, 0.25) is 0 Å². The van der Waals surface area contributed by atoms with Gasteiger partial charge in [-0.1, -0.05) is 18.2 Å². The summed E-state index contributed by atoms with van der Waals surface area (Å²) in [6.07, 6.45) is 4.26. The number of carbonyl (C=O) groups excluding carboxylic acids is 1. The molecule has 0 radical (unpaired) electrons. The van der Waals surface area contributed by atoms with Gasteiger partial charge in [0.05, 0.1) is 23.7 Å². The van der Waals surface area contributed by atoms with Crippen molar-refractivity contribution in [3.63, 3.8) is 0 Å². The van der Waals surface area contributed by atoms with E-state index >= 15 is 0 Å². The van der Waals surface area contributed by atoms with Crippen molar-refractivity contribution >= 4 is 29.0 Å². The highest BCUT2D eigenvalue weighted by Gasteiger charge is 2.13. The van der Waals surface area contributed by atoms with Crippen molar-refractivity contribution in [1.29, 1.82) is 5.26 Å². The molecule has 30 heavy (non-hydrogen) atoms. The second kappa shape index (κ2) is 10.0. The number of ether oxygens (including phenoxy) is 1. The van der Waals surface area contributed by atoms with Crippen molar-refractivity contribution in [2.75, 3.05) is 36.5 Å². The average Bonchev–Trinajstić information content (AvgIpc) is 2.78. The number of anilines is 2. The first-order valence-corrected chi connectivity index (χ1v) is 9.34. The lowest BCUT2D eigenvalue weighted by molar-refractivity contribution is -0.385. The number of nitrogens with zero attached hydrogens (tertiary/aromatic N) is 3. The summed E-state index contributed by atoms with van der Waals surface area (Å²) in [6.45, 7) is 3.01. The van der Waals surface area contributed by atoms with E-state index in [1.807, 2.05) is 18.2 Å². The number of carbonyl (C=O) groups is 1. The molecule has 0 unspecified atom stereocenters. The van der Waals surface area contributed by atoms with Crippen LogP contribution in [0.2, 0.25) is 0 Å². The fraction of sp³-hybridized carbons (Fsp3) is 0.182. The monoisotopic (exact) mass is 404 g/mol. The number of nitro groups is 1. The maximum Gasteiger partial charge on any atom is 0.276 e. The van der Waals surface area contributed by atoms with Crippen LogP contribution in [0.15, 0.2) is 66.3 Å². The Morgan fingerprint density at radius 3 is 2.53 bits per heavy atom. The number of nitriles is 1. The van der Waals surface area contributed by atoms with E-state index in [9.17, 15) is 20.2 Å². The summed E-state index contributed by atoms with van der Waals surface area (Å²) in [5.41, 5.74) is 1.84. The number of hydrogen-bond acceptors (Lipinski definition) is 6. The summed E-state index contributed by atoms with van der Waals surface area (Å²) >= 11 is 0. The number of para-hydroxylation sites is 1. The molecule has 0 saturated carbocycles. The summed E-state index contributed by atoms with van der Waals surface area (Å²) in [6, 6.07) is 15.5. The smallest absolute Gasteiger partial charge is 0.276 e. The lowest BCUT2D eigenvalue weighted by atomic mass is 10.1.